The van der Waals surface area contributed by atoms with E-state index in [0.717, 1.165) is 0 Å². The molecule has 0 aromatic heterocycles. The minimum atomic E-state index is -2.74. The third-order valence-corrected chi connectivity index (χ3v) is 2.87. The van der Waals surface area contributed by atoms with Gasteiger partial charge in [0.25, 0.3) is 0 Å². The molecule has 1 aliphatic heterocycles. The molecule has 20 heavy (non-hydrogen) atoms. The summed E-state index contributed by atoms with van der Waals surface area (Å²) in [5.74, 6) is -5.02. The van der Waals surface area contributed by atoms with Crippen molar-refractivity contribution in [3.63, 3.8) is 0 Å². The fraction of sp³-hybridized carbons (Fsp3) is 0.750. The van der Waals surface area contributed by atoms with Crippen molar-refractivity contribution >= 4 is 17.9 Å². The van der Waals surface area contributed by atoms with E-state index in [4.69, 9.17) is 20.4 Å². The van der Waals surface area contributed by atoms with Crippen LogP contribution in [0.25, 0.3) is 0 Å². The van der Waals surface area contributed by atoms with Gasteiger partial charge in [0.1, 0.15) is 0 Å². The smallest absolute Gasteiger partial charge is 0.336 e. The van der Waals surface area contributed by atoms with Crippen LogP contribution in [-0.4, -0.2) is 69.0 Å². The molecule has 0 spiro atoms. The molecule has 8 nitrogen and oxygen atoms in total. The minimum absolute atomic E-state index is 1.14. The van der Waals surface area contributed by atoms with Crippen molar-refractivity contribution in [3.05, 3.63) is 0 Å². The van der Waals surface area contributed by atoms with E-state index < -0.39 is 36.4 Å². The number of nitrogens with zero attached hydrogens (tertiary/aromatic N) is 1. The molecular formula is C12H21NO7. The second-order valence-corrected chi connectivity index (χ2v) is 4.84. The van der Waals surface area contributed by atoms with Crippen molar-refractivity contribution in [2.24, 2.45) is 0 Å². The summed E-state index contributed by atoms with van der Waals surface area (Å²) < 4.78 is 0. The monoisotopic (exact) mass is 291 g/mol. The largest absolute Gasteiger partial charge is 0.481 e. The molecule has 0 radical (unpaired) electrons. The molecule has 0 aliphatic carbocycles. The number of aliphatic carboxylic acids is 3. The van der Waals surface area contributed by atoms with Crippen LogP contribution in [0, 0.1) is 0 Å². The first-order valence-corrected chi connectivity index (χ1v) is 6.25. The van der Waals surface area contributed by atoms with Gasteiger partial charge in [0.05, 0.1) is 12.8 Å². The van der Waals surface area contributed by atoms with Crippen molar-refractivity contribution < 1.29 is 34.8 Å². The van der Waals surface area contributed by atoms with Gasteiger partial charge in [-0.05, 0) is 33.0 Å². The van der Waals surface area contributed by atoms with Gasteiger partial charge in [-0.3, -0.25) is 9.59 Å². The van der Waals surface area contributed by atoms with E-state index in [2.05, 4.69) is 11.9 Å². The SMILES string of the molecule is CN1CCCCC1.O=C(O)CC(O)(CC(=O)O)C(=O)O. The van der Waals surface area contributed by atoms with Crippen LogP contribution in [0.5, 0.6) is 0 Å². The molecule has 1 aliphatic rings. The molecule has 0 saturated carbocycles. The Balaban J connectivity index is 0.000000428. The Bertz CT molecular complexity index is 334. The van der Waals surface area contributed by atoms with Gasteiger partial charge in [0.15, 0.2) is 5.60 Å². The number of hydrogen-bond donors (Lipinski definition) is 4. The molecule has 0 amide bonds. The number of carbonyl (C=O) groups is 3. The zero-order valence-corrected chi connectivity index (χ0v) is 11.4. The number of rotatable bonds is 5. The van der Waals surface area contributed by atoms with Gasteiger partial charge in [0.2, 0.25) is 0 Å². The lowest BCUT2D eigenvalue weighted by Gasteiger charge is -2.20. The molecule has 1 saturated heterocycles. The van der Waals surface area contributed by atoms with Crippen molar-refractivity contribution in [3.8, 4) is 0 Å². The molecule has 116 valence electrons. The van der Waals surface area contributed by atoms with E-state index in [1.807, 2.05) is 0 Å². The summed E-state index contributed by atoms with van der Waals surface area (Å²) in [5, 5.41) is 33.8. The van der Waals surface area contributed by atoms with Crippen molar-refractivity contribution in [1.29, 1.82) is 0 Å². The fourth-order valence-corrected chi connectivity index (χ4v) is 1.77. The first-order chi connectivity index (χ1) is 9.17. The molecular weight excluding hydrogens is 270 g/mol. The summed E-state index contributed by atoms with van der Waals surface area (Å²) >= 11 is 0. The highest BCUT2D eigenvalue weighted by atomic mass is 16.4. The van der Waals surface area contributed by atoms with Crippen LogP contribution < -0.4 is 0 Å². The van der Waals surface area contributed by atoms with Crippen LogP contribution in [0.4, 0.5) is 0 Å². The third kappa shape index (κ3) is 7.70. The van der Waals surface area contributed by atoms with Crippen molar-refractivity contribution in [1.82, 2.24) is 4.90 Å². The quantitative estimate of drug-likeness (QED) is 0.549. The maximum Gasteiger partial charge on any atom is 0.336 e. The molecule has 0 unspecified atom stereocenters. The van der Waals surface area contributed by atoms with Gasteiger partial charge in [-0.25, -0.2) is 4.79 Å². The molecule has 1 rings (SSSR count). The van der Waals surface area contributed by atoms with Crippen molar-refractivity contribution in [2.45, 2.75) is 37.7 Å². The number of piperidine rings is 1. The zero-order valence-electron chi connectivity index (χ0n) is 11.4. The topological polar surface area (TPSA) is 135 Å². The van der Waals surface area contributed by atoms with Gasteiger partial charge < -0.3 is 25.3 Å². The number of carboxylic acids is 3. The molecule has 4 N–H and O–H groups in total. The zero-order chi connectivity index (χ0) is 15.8. The van der Waals surface area contributed by atoms with Gasteiger partial charge in [0, 0.05) is 0 Å². The highest BCUT2D eigenvalue weighted by Crippen LogP contribution is 2.15. The lowest BCUT2D eigenvalue weighted by atomic mass is 9.96. The standard InChI is InChI=1S/C6H13N.C6H8O7/c1-7-5-3-2-4-6-7;7-3(8)1-6(13,5(11)12)2-4(9)10/h2-6H2,1H3;13H,1-2H2,(H,7,8)(H,9,10)(H,11,12). The van der Waals surface area contributed by atoms with Crippen LogP contribution in [0.1, 0.15) is 32.1 Å². The minimum Gasteiger partial charge on any atom is -0.481 e. The van der Waals surface area contributed by atoms with E-state index in [-0.39, 0.29) is 0 Å². The van der Waals surface area contributed by atoms with Crippen LogP contribution in [-0.2, 0) is 14.4 Å². The molecule has 8 heteroatoms. The van der Waals surface area contributed by atoms with Gasteiger partial charge in [-0.2, -0.15) is 0 Å². The average molecular weight is 291 g/mol. The van der Waals surface area contributed by atoms with Crippen LogP contribution in [0.2, 0.25) is 0 Å². The van der Waals surface area contributed by atoms with Crippen molar-refractivity contribution in [2.75, 3.05) is 20.1 Å². The van der Waals surface area contributed by atoms with Gasteiger partial charge >= 0.3 is 17.9 Å². The van der Waals surface area contributed by atoms with Gasteiger partial charge in [-0.15, -0.1) is 0 Å². The fourth-order valence-electron chi connectivity index (χ4n) is 1.77. The highest BCUT2D eigenvalue weighted by Gasteiger charge is 2.40. The third-order valence-electron chi connectivity index (χ3n) is 2.87. The number of likely N-dealkylation sites (tertiary alicyclic amines) is 1. The highest BCUT2D eigenvalue weighted by molar-refractivity contribution is 5.88. The first kappa shape index (κ1) is 18.3. The predicted octanol–water partition coefficient (Wildman–Crippen LogP) is -0.146. The Hall–Kier alpha value is -1.67. The summed E-state index contributed by atoms with van der Waals surface area (Å²) in [4.78, 5) is 32.9. The second kappa shape index (κ2) is 8.49. The molecule has 0 atom stereocenters. The lowest BCUT2D eigenvalue weighted by molar-refractivity contribution is -0.170. The number of aliphatic hydroxyl groups is 1. The Labute approximate surface area is 116 Å². The summed E-state index contributed by atoms with van der Waals surface area (Å²) in [7, 11) is 2.19. The second-order valence-electron chi connectivity index (χ2n) is 4.84. The molecule has 0 aromatic carbocycles. The van der Waals surface area contributed by atoms with Crippen LogP contribution >= 0.6 is 0 Å². The summed E-state index contributed by atoms with van der Waals surface area (Å²) in [6, 6.07) is 0. The Kier molecular flexibility index (Phi) is 7.78. The molecule has 1 heterocycles. The Morgan fingerprint density at radius 2 is 1.35 bits per heavy atom. The predicted molar refractivity (Wildman–Crippen MR) is 68.4 cm³/mol. The van der Waals surface area contributed by atoms with Gasteiger partial charge in [-0.1, -0.05) is 6.42 Å². The van der Waals surface area contributed by atoms with E-state index in [0.29, 0.717) is 0 Å². The average Bonchev–Trinajstić information content (AvgIpc) is 2.28. The molecule has 1 fully saturated rings. The lowest BCUT2D eigenvalue weighted by Crippen LogP contribution is -2.42. The molecule has 0 bridgehead atoms. The van der Waals surface area contributed by atoms with E-state index in [1.54, 1.807) is 0 Å². The maximum absolute atomic E-state index is 10.3. The van der Waals surface area contributed by atoms with E-state index in [9.17, 15) is 14.4 Å². The number of hydrogen-bond acceptors (Lipinski definition) is 5. The normalized spacial score (nSPS) is 15.9. The Morgan fingerprint density at radius 1 is 0.950 bits per heavy atom. The molecule has 0 aromatic rings. The summed E-state index contributed by atoms with van der Waals surface area (Å²) in [6.07, 6.45) is 1.99. The summed E-state index contributed by atoms with van der Waals surface area (Å²) in [6.45, 7) is 2.64. The maximum atomic E-state index is 10.3. The van der Waals surface area contributed by atoms with E-state index >= 15 is 0 Å². The van der Waals surface area contributed by atoms with E-state index in [1.165, 1.54) is 32.4 Å². The number of carboxylic acid groups (broad SMARTS) is 3. The first-order valence-electron chi connectivity index (χ1n) is 6.25. The Morgan fingerprint density at radius 3 is 1.55 bits per heavy atom. The van der Waals surface area contributed by atoms with Crippen LogP contribution in [0.3, 0.4) is 0 Å². The summed E-state index contributed by atoms with van der Waals surface area (Å²) in [5.41, 5.74) is -2.74. The van der Waals surface area contributed by atoms with Crippen LogP contribution in [0.15, 0.2) is 0 Å².